The van der Waals surface area contributed by atoms with Gasteiger partial charge in [0.25, 0.3) is 0 Å². The molecular weight excluding hydrogens is 412 g/mol. The number of aromatic nitrogens is 2. The fourth-order valence-corrected chi connectivity index (χ4v) is 4.18. The summed E-state index contributed by atoms with van der Waals surface area (Å²) in [4.78, 5) is 18.8. The maximum Gasteiger partial charge on any atom is 0.325 e. The summed E-state index contributed by atoms with van der Waals surface area (Å²) in [5, 5.41) is 3.85. The molecule has 1 saturated heterocycles. The van der Waals surface area contributed by atoms with E-state index < -0.39 is 0 Å². The Balaban J connectivity index is 1.78. The van der Waals surface area contributed by atoms with Crippen LogP contribution in [-0.2, 0) is 9.53 Å². The minimum absolute atomic E-state index is 0.0525. The monoisotopic (exact) mass is 436 g/mol. The van der Waals surface area contributed by atoms with E-state index in [1.165, 1.54) is 0 Å². The molecule has 0 unspecified atom stereocenters. The average Bonchev–Trinajstić information content (AvgIpc) is 3.39. The number of hydrogen-bond acceptors (Lipinski definition) is 5. The molecule has 1 aromatic carbocycles. The lowest BCUT2D eigenvalue weighted by molar-refractivity contribution is -0.143. The maximum atomic E-state index is 12.4. The van der Waals surface area contributed by atoms with Crippen molar-refractivity contribution in [1.82, 2.24) is 19.8 Å². The van der Waals surface area contributed by atoms with Crippen molar-refractivity contribution in [2.75, 3.05) is 20.3 Å². The average molecular weight is 437 g/mol. The zero-order valence-corrected chi connectivity index (χ0v) is 18.2. The van der Waals surface area contributed by atoms with Crippen LogP contribution in [-0.4, -0.2) is 45.8 Å². The number of thiocarbonyl (C=S) groups is 1. The number of ether oxygens (including phenoxy) is 2. The molecule has 4 rings (SSSR count). The topological polar surface area (TPSA) is 68.6 Å². The van der Waals surface area contributed by atoms with Crippen molar-refractivity contribution in [3.8, 4) is 11.4 Å². The zero-order chi connectivity index (χ0) is 21.8. The van der Waals surface area contributed by atoms with Crippen molar-refractivity contribution >= 4 is 23.3 Å². The molecule has 0 amide bonds. The van der Waals surface area contributed by atoms with Crippen LogP contribution >= 0.6 is 12.2 Å². The largest absolute Gasteiger partial charge is 0.497 e. The summed E-state index contributed by atoms with van der Waals surface area (Å²) in [6.45, 7) is 2.17. The van der Waals surface area contributed by atoms with Crippen molar-refractivity contribution < 1.29 is 14.3 Å². The molecule has 1 fully saturated rings. The summed E-state index contributed by atoms with van der Waals surface area (Å²) in [6, 6.07) is 17.1. The summed E-state index contributed by atoms with van der Waals surface area (Å²) < 4.78 is 12.7. The first kappa shape index (κ1) is 20.9. The van der Waals surface area contributed by atoms with Crippen LogP contribution in [0.2, 0.25) is 0 Å². The Bertz CT molecular complexity index is 1070. The van der Waals surface area contributed by atoms with Crippen LogP contribution in [0.4, 0.5) is 0 Å². The highest BCUT2D eigenvalue weighted by Crippen LogP contribution is 2.39. The van der Waals surface area contributed by atoms with Crippen molar-refractivity contribution in [2.45, 2.75) is 19.0 Å². The molecule has 0 radical (unpaired) electrons. The van der Waals surface area contributed by atoms with Crippen LogP contribution in [0, 0.1) is 0 Å². The molecule has 160 valence electrons. The fourth-order valence-electron chi connectivity index (χ4n) is 3.87. The Morgan fingerprint density at radius 3 is 2.81 bits per heavy atom. The predicted molar refractivity (Wildman–Crippen MR) is 121 cm³/mol. The minimum atomic E-state index is -0.321. The molecule has 0 spiro atoms. The molecule has 3 aromatic rings. The highest BCUT2D eigenvalue weighted by Gasteiger charge is 2.42. The van der Waals surface area contributed by atoms with E-state index in [-0.39, 0.29) is 24.6 Å². The Morgan fingerprint density at radius 1 is 1.19 bits per heavy atom. The van der Waals surface area contributed by atoms with Gasteiger partial charge in [-0.2, -0.15) is 0 Å². The van der Waals surface area contributed by atoms with E-state index in [4.69, 9.17) is 21.7 Å². The SMILES string of the molecule is CCOC(=O)CN1C(=S)N[C@H](c2ccccn2)[C@H]1c1cccn1-c1cccc(OC)c1. The number of hydrogen-bond donors (Lipinski definition) is 1. The zero-order valence-electron chi connectivity index (χ0n) is 17.4. The van der Waals surface area contributed by atoms with E-state index in [0.717, 1.165) is 22.8 Å². The highest BCUT2D eigenvalue weighted by molar-refractivity contribution is 7.80. The summed E-state index contributed by atoms with van der Waals surface area (Å²) in [7, 11) is 1.65. The third-order valence-corrected chi connectivity index (χ3v) is 5.57. The molecule has 1 N–H and O–H groups in total. The molecule has 7 nitrogen and oxygen atoms in total. The van der Waals surface area contributed by atoms with Crippen molar-refractivity contribution in [1.29, 1.82) is 0 Å². The molecule has 3 heterocycles. The summed E-state index contributed by atoms with van der Waals surface area (Å²) in [6.07, 6.45) is 3.75. The molecule has 0 saturated carbocycles. The van der Waals surface area contributed by atoms with Crippen LogP contribution in [0.5, 0.6) is 5.75 Å². The lowest BCUT2D eigenvalue weighted by Crippen LogP contribution is -2.36. The van der Waals surface area contributed by atoms with Gasteiger partial charge < -0.3 is 24.3 Å². The standard InChI is InChI=1S/C23H24N4O3S/c1-3-30-20(28)15-27-22(21(25-23(27)31)18-10-4-5-12-24-18)19-11-7-13-26(19)16-8-6-9-17(14-16)29-2/h4-14,21-22H,3,15H2,1-2H3,(H,25,31)/t21-,22-/m1/s1. The number of nitrogens with one attached hydrogen (secondary N) is 1. The third kappa shape index (κ3) is 4.25. The number of nitrogens with zero attached hydrogens (tertiary/aromatic N) is 3. The second-order valence-corrected chi connectivity index (χ2v) is 7.45. The van der Waals surface area contributed by atoms with Gasteiger partial charge in [-0.15, -0.1) is 0 Å². The van der Waals surface area contributed by atoms with E-state index in [9.17, 15) is 4.79 Å². The second kappa shape index (κ2) is 9.18. The molecule has 0 aliphatic carbocycles. The Morgan fingerprint density at radius 2 is 2.06 bits per heavy atom. The van der Waals surface area contributed by atoms with Crippen LogP contribution in [0.1, 0.15) is 30.4 Å². The van der Waals surface area contributed by atoms with Crippen LogP contribution < -0.4 is 10.1 Å². The minimum Gasteiger partial charge on any atom is -0.497 e. The number of rotatable bonds is 7. The first-order valence-corrected chi connectivity index (χ1v) is 10.5. The van der Waals surface area contributed by atoms with E-state index in [2.05, 4.69) is 14.9 Å². The lowest BCUT2D eigenvalue weighted by Gasteiger charge is -2.28. The number of pyridine rings is 1. The summed E-state index contributed by atoms with van der Waals surface area (Å²) >= 11 is 5.62. The molecule has 2 aromatic heterocycles. The molecule has 31 heavy (non-hydrogen) atoms. The molecule has 1 aliphatic rings. The van der Waals surface area contributed by atoms with Gasteiger partial charge in [-0.1, -0.05) is 12.1 Å². The van der Waals surface area contributed by atoms with Gasteiger partial charge in [-0.25, -0.2) is 0 Å². The lowest BCUT2D eigenvalue weighted by atomic mass is 10.0. The first-order chi connectivity index (χ1) is 15.1. The van der Waals surface area contributed by atoms with Gasteiger partial charge in [-0.05, 0) is 55.5 Å². The predicted octanol–water partition coefficient (Wildman–Crippen LogP) is 3.42. The van der Waals surface area contributed by atoms with Gasteiger partial charge in [0.1, 0.15) is 12.3 Å². The Labute approximate surface area is 186 Å². The number of esters is 1. The summed E-state index contributed by atoms with van der Waals surface area (Å²) in [5.74, 6) is 0.444. The normalized spacial score (nSPS) is 18.0. The molecular formula is C23H24N4O3S. The quantitative estimate of drug-likeness (QED) is 0.450. The van der Waals surface area contributed by atoms with Gasteiger partial charge in [0.15, 0.2) is 5.11 Å². The van der Waals surface area contributed by atoms with Gasteiger partial charge in [0, 0.05) is 29.8 Å². The third-order valence-electron chi connectivity index (χ3n) is 5.22. The van der Waals surface area contributed by atoms with Crippen molar-refractivity contribution in [2.24, 2.45) is 0 Å². The smallest absolute Gasteiger partial charge is 0.325 e. The molecule has 8 heteroatoms. The van der Waals surface area contributed by atoms with Gasteiger partial charge >= 0.3 is 5.97 Å². The van der Waals surface area contributed by atoms with E-state index in [1.807, 2.05) is 65.7 Å². The fraction of sp³-hybridized carbons (Fsp3) is 0.261. The van der Waals surface area contributed by atoms with Crippen molar-refractivity contribution in [3.63, 3.8) is 0 Å². The molecule has 0 bridgehead atoms. The van der Waals surface area contributed by atoms with Crippen LogP contribution in [0.15, 0.2) is 67.0 Å². The van der Waals surface area contributed by atoms with E-state index in [1.54, 1.807) is 20.2 Å². The van der Waals surface area contributed by atoms with E-state index >= 15 is 0 Å². The molecule has 2 atom stereocenters. The maximum absolute atomic E-state index is 12.4. The van der Waals surface area contributed by atoms with E-state index in [0.29, 0.717) is 11.7 Å². The summed E-state index contributed by atoms with van der Waals surface area (Å²) in [5.41, 5.74) is 2.77. The highest BCUT2D eigenvalue weighted by atomic mass is 32.1. The number of carbonyl (C=O) groups is 1. The number of benzene rings is 1. The van der Waals surface area contributed by atoms with Gasteiger partial charge in [-0.3, -0.25) is 9.78 Å². The van der Waals surface area contributed by atoms with Gasteiger partial charge in [0.2, 0.25) is 0 Å². The first-order valence-electron chi connectivity index (χ1n) is 10.1. The Hall–Kier alpha value is -3.39. The van der Waals surface area contributed by atoms with Crippen LogP contribution in [0.25, 0.3) is 5.69 Å². The molecule has 1 aliphatic heterocycles. The second-order valence-electron chi connectivity index (χ2n) is 7.06. The van der Waals surface area contributed by atoms with Gasteiger partial charge in [0.05, 0.1) is 31.5 Å². The number of methoxy groups -OCH3 is 1. The number of carbonyl (C=O) groups excluding carboxylic acids is 1. The Kier molecular flexibility index (Phi) is 6.18. The van der Waals surface area contributed by atoms with Crippen LogP contribution in [0.3, 0.4) is 0 Å². The van der Waals surface area contributed by atoms with Crippen molar-refractivity contribution in [3.05, 3.63) is 78.4 Å².